The Morgan fingerprint density at radius 1 is 0.894 bits per heavy atom. The summed E-state index contributed by atoms with van der Waals surface area (Å²) in [5.74, 6) is 1.58. The van der Waals surface area contributed by atoms with Crippen LogP contribution < -0.4 is 5.32 Å². The van der Waals surface area contributed by atoms with Gasteiger partial charge >= 0.3 is 5.97 Å². The minimum absolute atomic E-state index is 0.0223. The number of fused-ring (bicyclic) bond motifs is 7. The number of carbonyl (C=O) groups is 2. The first kappa shape index (κ1) is 36.8. The summed E-state index contributed by atoms with van der Waals surface area (Å²) < 4.78 is 5.90. The van der Waals surface area contributed by atoms with Crippen molar-refractivity contribution in [3.05, 3.63) is 12.2 Å². The molecule has 11 atom stereocenters. The van der Waals surface area contributed by atoms with Gasteiger partial charge in [0.05, 0.1) is 12.5 Å². The first-order chi connectivity index (χ1) is 22.2. The maximum atomic E-state index is 13.4. The van der Waals surface area contributed by atoms with E-state index >= 15 is 0 Å². The molecule has 1 heterocycles. The number of aliphatic carboxylic acids is 1. The number of ether oxygens (including phenoxy) is 1. The summed E-state index contributed by atoms with van der Waals surface area (Å²) in [4.78, 5) is 32.0. The molecule has 0 aromatic carbocycles. The van der Waals surface area contributed by atoms with E-state index in [9.17, 15) is 14.7 Å². The Labute approximate surface area is 286 Å². The van der Waals surface area contributed by atoms with Crippen molar-refractivity contribution >= 4 is 11.9 Å². The molecule has 6 fully saturated rings. The summed E-state index contributed by atoms with van der Waals surface area (Å²) in [6.07, 6.45) is 13.3. The summed E-state index contributed by atoms with van der Waals surface area (Å²) in [7, 11) is 1.63. The van der Waals surface area contributed by atoms with Crippen LogP contribution in [0.15, 0.2) is 12.2 Å². The maximum Gasteiger partial charge on any atom is 0.309 e. The number of carboxylic acids is 1. The fraction of sp³-hybridized carbons (Fsp3) is 0.900. The summed E-state index contributed by atoms with van der Waals surface area (Å²) in [6, 6.07) is 0.131. The van der Waals surface area contributed by atoms with E-state index in [0.717, 1.165) is 70.8 Å². The van der Waals surface area contributed by atoms with E-state index < -0.39 is 11.4 Å². The van der Waals surface area contributed by atoms with Crippen LogP contribution in [-0.4, -0.2) is 54.6 Å². The zero-order valence-corrected chi connectivity index (χ0v) is 31.4. The van der Waals surface area contributed by atoms with Gasteiger partial charge < -0.3 is 15.2 Å². The minimum Gasteiger partial charge on any atom is -0.481 e. The van der Waals surface area contributed by atoms with Gasteiger partial charge in [-0.3, -0.25) is 14.4 Å². The number of hydroxylamine groups is 2. The second-order valence-electron chi connectivity index (χ2n) is 17.7. The van der Waals surface area contributed by atoms with Crippen molar-refractivity contribution in [2.45, 2.75) is 151 Å². The first-order valence-corrected chi connectivity index (χ1v) is 19.3. The van der Waals surface area contributed by atoms with Crippen molar-refractivity contribution in [1.82, 2.24) is 10.4 Å². The smallest absolute Gasteiger partial charge is 0.309 e. The molecule has 47 heavy (non-hydrogen) atoms. The van der Waals surface area contributed by atoms with Crippen molar-refractivity contribution in [1.29, 1.82) is 0 Å². The normalized spacial score (nSPS) is 45.3. The number of carboxylic acid groups (broad SMARTS) is 1. The molecule has 1 saturated heterocycles. The summed E-state index contributed by atoms with van der Waals surface area (Å²) >= 11 is 0. The third-order valence-electron chi connectivity index (χ3n) is 15.9. The van der Waals surface area contributed by atoms with Crippen molar-refractivity contribution in [2.75, 3.05) is 20.3 Å². The minimum atomic E-state index is -0.572. The van der Waals surface area contributed by atoms with Crippen LogP contribution in [0.25, 0.3) is 0 Å². The van der Waals surface area contributed by atoms with Crippen LogP contribution in [0.5, 0.6) is 0 Å². The predicted octanol–water partition coefficient (Wildman–Crippen LogP) is 8.63. The van der Waals surface area contributed by atoms with Gasteiger partial charge in [-0.25, -0.2) is 0 Å². The van der Waals surface area contributed by atoms with Gasteiger partial charge in [-0.15, -0.1) is 0 Å². The second kappa shape index (κ2) is 13.4. The third-order valence-corrected chi connectivity index (χ3v) is 15.9. The molecule has 5 saturated carbocycles. The molecule has 6 rings (SSSR count). The Balaban J connectivity index is 0.00000213. The highest BCUT2D eigenvalue weighted by atomic mass is 16.7. The lowest BCUT2D eigenvalue weighted by Crippen LogP contribution is -2.68. The maximum absolute atomic E-state index is 13.4. The Kier molecular flexibility index (Phi) is 10.5. The molecule has 6 aliphatic rings. The van der Waals surface area contributed by atoms with Crippen LogP contribution in [0.4, 0.5) is 0 Å². The quantitative estimate of drug-likeness (QED) is 0.211. The molecule has 1 amide bonds. The molecule has 1 aliphatic heterocycles. The van der Waals surface area contributed by atoms with E-state index in [0.29, 0.717) is 23.7 Å². The topological polar surface area (TPSA) is 88.1 Å². The summed E-state index contributed by atoms with van der Waals surface area (Å²) in [5, 5.41) is 15.8. The van der Waals surface area contributed by atoms with Crippen LogP contribution >= 0.6 is 0 Å². The molecular formula is C40H68N2O5. The lowest BCUT2D eigenvalue weighted by molar-refractivity contribution is -0.246. The molecule has 268 valence electrons. The van der Waals surface area contributed by atoms with Crippen LogP contribution in [0.1, 0.15) is 139 Å². The molecule has 7 nitrogen and oxygen atoms in total. The van der Waals surface area contributed by atoms with Gasteiger partial charge in [0.25, 0.3) is 0 Å². The number of carbonyl (C=O) groups excluding carboxylic acids is 1. The molecule has 7 heteroatoms. The molecule has 5 aliphatic carbocycles. The molecule has 2 N–H and O–H groups in total. The van der Waals surface area contributed by atoms with Crippen LogP contribution in [0.3, 0.4) is 0 Å². The average molecular weight is 657 g/mol. The largest absolute Gasteiger partial charge is 0.481 e. The molecule has 0 aromatic rings. The average Bonchev–Trinajstić information content (AvgIpc) is 3.45. The number of rotatable bonds is 7. The van der Waals surface area contributed by atoms with Gasteiger partial charge in [0, 0.05) is 12.6 Å². The van der Waals surface area contributed by atoms with Gasteiger partial charge in [0.15, 0.2) is 0 Å². The van der Waals surface area contributed by atoms with E-state index in [1.165, 1.54) is 24.8 Å². The molecule has 0 radical (unpaired) electrons. The number of allylic oxidation sites excluding steroid dienone is 1. The lowest BCUT2D eigenvalue weighted by atomic mass is 9.32. The second-order valence-corrected chi connectivity index (χ2v) is 17.7. The van der Waals surface area contributed by atoms with Gasteiger partial charge in [-0.05, 0) is 142 Å². The van der Waals surface area contributed by atoms with Crippen molar-refractivity contribution < 1.29 is 24.3 Å². The predicted molar refractivity (Wildman–Crippen MR) is 187 cm³/mol. The van der Waals surface area contributed by atoms with Crippen LogP contribution in [-0.2, 0) is 19.2 Å². The summed E-state index contributed by atoms with van der Waals surface area (Å²) in [5.41, 5.74) is 1.10. The molecule has 0 spiro atoms. The molecule has 0 aromatic heterocycles. The molecular weight excluding hydrogens is 588 g/mol. The SMILES string of the molecule is C=C(C)[C@@H]1CC[C@]2(C(=O)O)CC[C@]3(C)C(CCC4[C@@]5(C)CC[C@H](NC(=O)CN(OC)[C@H]6CCCCO6)C(C)(C)C5CC[C@]43C)C12.CC. The Bertz CT molecular complexity index is 1180. The Morgan fingerprint density at radius 2 is 1.62 bits per heavy atom. The summed E-state index contributed by atoms with van der Waals surface area (Å²) in [6.45, 7) is 24.0. The van der Waals surface area contributed by atoms with Crippen molar-refractivity contribution in [3.8, 4) is 0 Å². The van der Waals surface area contributed by atoms with E-state index in [1.807, 2.05) is 13.8 Å². The number of amides is 1. The van der Waals surface area contributed by atoms with Crippen LogP contribution in [0, 0.1) is 56.7 Å². The number of hydrogen-bond acceptors (Lipinski definition) is 5. The fourth-order valence-corrected chi connectivity index (χ4v) is 13.4. The number of nitrogens with zero attached hydrogens (tertiary/aromatic N) is 1. The number of nitrogens with one attached hydrogen (secondary N) is 1. The number of hydrogen-bond donors (Lipinski definition) is 2. The van der Waals surface area contributed by atoms with Gasteiger partial charge in [0.1, 0.15) is 12.8 Å². The third kappa shape index (κ3) is 5.65. The van der Waals surface area contributed by atoms with Gasteiger partial charge in [-0.1, -0.05) is 60.6 Å². The fourth-order valence-electron chi connectivity index (χ4n) is 13.4. The van der Waals surface area contributed by atoms with E-state index in [1.54, 1.807) is 12.2 Å². The van der Waals surface area contributed by atoms with E-state index in [2.05, 4.69) is 53.4 Å². The Hall–Kier alpha value is -1.44. The van der Waals surface area contributed by atoms with E-state index in [4.69, 9.17) is 9.57 Å². The molecule has 0 bridgehead atoms. The van der Waals surface area contributed by atoms with E-state index in [-0.39, 0.29) is 52.3 Å². The monoisotopic (exact) mass is 657 g/mol. The highest BCUT2D eigenvalue weighted by Crippen LogP contribution is 2.77. The highest BCUT2D eigenvalue weighted by molar-refractivity contribution is 5.78. The Morgan fingerprint density at radius 3 is 2.23 bits per heavy atom. The molecule has 4 unspecified atom stereocenters. The standard InChI is InChI=1S/C38H62N2O5.C2H6/c1-24(2)25-14-19-38(33(42)43)21-20-36(6)26(32(25)38)12-13-28-35(5)17-16-29(34(3,4)27(35)15-18-37(28,36)7)39-30(41)23-40(44-8)31-11-9-10-22-45-31;1-2/h25-29,31-32H,1,9-23H2,2-8H3,(H,39,41)(H,42,43);1-2H3/t25-,26?,27?,28?,29-,31+,32?,35-,36+,37+,38-;/m0./s1. The lowest BCUT2D eigenvalue weighted by Gasteiger charge is -2.73. The first-order valence-electron chi connectivity index (χ1n) is 19.3. The zero-order chi connectivity index (χ0) is 34.6. The van der Waals surface area contributed by atoms with Gasteiger partial charge in [0.2, 0.25) is 5.91 Å². The van der Waals surface area contributed by atoms with Gasteiger partial charge in [-0.2, -0.15) is 5.06 Å². The highest BCUT2D eigenvalue weighted by Gasteiger charge is 2.72. The zero-order valence-electron chi connectivity index (χ0n) is 31.4. The van der Waals surface area contributed by atoms with Crippen molar-refractivity contribution in [2.24, 2.45) is 56.7 Å². The van der Waals surface area contributed by atoms with Crippen molar-refractivity contribution in [3.63, 3.8) is 0 Å². The van der Waals surface area contributed by atoms with Crippen LogP contribution in [0.2, 0.25) is 0 Å².